The molecular formula is C14H19NO3. The zero-order valence-corrected chi connectivity index (χ0v) is 9.87. The molecular weight excluding hydrogens is 230 g/mol. The normalized spacial score (nSPS) is 28.7. The van der Waals surface area contributed by atoms with E-state index in [1.165, 1.54) is 0 Å². The van der Waals surface area contributed by atoms with E-state index in [2.05, 4.69) is 0 Å². The van der Waals surface area contributed by atoms with Crippen LogP contribution in [-0.4, -0.2) is 35.3 Å². The monoisotopic (exact) mass is 254 g/mol. The van der Waals surface area contributed by atoms with Crippen LogP contribution in [0.3, 0.4) is 0 Å². The molecule has 1 aliphatic rings. The molecule has 1 amide bonds. The van der Waals surface area contributed by atoms with Crippen molar-refractivity contribution in [1.82, 2.24) is 4.90 Å². The van der Waals surface area contributed by atoms with Crippen molar-refractivity contribution in [1.29, 1.82) is 0 Å². The van der Waals surface area contributed by atoms with Crippen LogP contribution < -0.4 is 0 Å². The Balaban J connectivity index is 1.96. The van der Waals surface area contributed by atoms with Gasteiger partial charge >= 0.3 is 6.09 Å². The van der Waals surface area contributed by atoms with Gasteiger partial charge in [0.15, 0.2) is 0 Å². The number of aliphatic hydroxyl groups excluding tert-OH is 1. The first-order valence-corrected chi connectivity index (χ1v) is 5.76. The zero-order chi connectivity index (χ0) is 17.3. The minimum atomic E-state index is -2.87. The highest BCUT2D eigenvalue weighted by atomic mass is 16.6. The fourth-order valence-electron chi connectivity index (χ4n) is 1.89. The predicted molar refractivity (Wildman–Crippen MR) is 68.0 cm³/mol. The van der Waals surface area contributed by atoms with Crippen LogP contribution in [-0.2, 0) is 11.3 Å². The lowest BCUT2D eigenvalue weighted by molar-refractivity contribution is 0.0966. The Bertz CT molecular complexity index is 549. The minimum absolute atomic E-state index is 0.0586. The van der Waals surface area contributed by atoms with Gasteiger partial charge in [0.2, 0.25) is 0 Å². The first-order chi connectivity index (χ1) is 10.6. The second kappa shape index (κ2) is 5.87. The van der Waals surface area contributed by atoms with E-state index in [0.717, 1.165) is 10.5 Å². The number of β-amino-alcohol motifs (C(OH)–C–C–N with tert-alkyl or cyclic N) is 1. The Hall–Kier alpha value is -1.55. The van der Waals surface area contributed by atoms with Crippen LogP contribution in [0.25, 0.3) is 0 Å². The molecule has 1 aliphatic heterocycles. The third-order valence-electron chi connectivity index (χ3n) is 2.94. The van der Waals surface area contributed by atoms with Gasteiger partial charge in [0.25, 0.3) is 0 Å². The van der Waals surface area contributed by atoms with Crippen LogP contribution in [0.2, 0.25) is 0 Å². The van der Waals surface area contributed by atoms with Gasteiger partial charge in [0, 0.05) is 19.3 Å². The first-order valence-electron chi connectivity index (χ1n) is 8.26. The van der Waals surface area contributed by atoms with E-state index in [1.54, 1.807) is 12.1 Å². The number of carbonyl (C=O) groups is 1. The summed E-state index contributed by atoms with van der Waals surface area (Å²) in [5.74, 6) is -1.18. The molecule has 1 N–H and O–H groups in total. The van der Waals surface area contributed by atoms with Gasteiger partial charge in [-0.3, -0.25) is 0 Å². The van der Waals surface area contributed by atoms with Crippen molar-refractivity contribution in [2.45, 2.75) is 25.9 Å². The lowest BCUT2D eigenvalue weighted by Gasteiger charge is -2.15. The molecule has 2 rings (SSSR count). The number of benzene rings is 1. The number of aliphatic hydroxyl groups is 1. The summed E-state index contributed by atoms with van der Waals surface area (Å²) in [6.07, 6.45) is -4.52. The van der Waals surface area contributed by atoms with E-state index in [9.17, 15) is 9.90 Å². The third-order valence-corrected chi connectivity index (χ3v) is 2.94. The Morgan fingerprint density at radius 3 is 3.06 bits per heavy atom. The molecule has 0 aliphatic carbocycles. The molecule has 18 heavy (non-hydrogen) atoms. The molecule has 2 unspecified atom stereocenters. The van der Waals surface area contributed by atoms with E-state index >= 15 is 0 Å². The number of carbonyl (C=O) groups excluding carboxylic acids is 1. The number of amides is 1. The summed E-state index contributed by atoms with van der Waals surface area (Å²) < 4.78 is 42.4. The molecule has 1 aromatic carbocycles. The summed E-state index contributed by atoms with van der Waals surface area (Å²) in [7, 11) is 0. The lowest BCUT2D eigenvalue weighted by Crippen LogP contribution is -2.30. The summed E-state index contributed by atoms with van der Waals surface area (Å²) in [4.78, 5) is 13.2. The van der Waals surface area contributed by atoms with Crippen LogP contribution in [0, 0.1) is 5.92 Å². The van der Waals surface area contributed by atoms with E-state index < -0.39 is 31.3 Å². The van der Waals surface area contributed by atoms with Crippen LogP contribution in [0.4, 0.5) is 4.79 Å². The molecule has 0 saturated carbocycles. The van der Waals surface area contributed by atoms with Crippen molar-refractivity contribution in [2.24, 2.45) is 5.92 Å². The maximum absolute atomic E-state index is 12.0. The molecule has 1 aromatic rings. The fourth-order valence-corrected chi connectivity index (χ4v) is 1.89. The highest BCUT2D eigenvalue weighted by Gasteiger charge is 2.33. The molecule has 4 nitrogen and oxygen atoms in total. The van der Waals surface area contributed by atoms with Gasteiger partial charge in [0.1, 0.15) is 6.61 Å². The van der Waals surface area contributed by atoms with E-state index in [-0.39, 0.29) is 19.7 Å². The smallest absolute Gasteiger partial charge is 0.410 e. The molecule has 0 spiro atoms. The Morgan fingerprint density at radius 2 is 2.33 bits per heavy atom. The van der Waals surface area contributed by atoms with Crippen LogP contribution in [0.15, 0.2) is 30.3 Å². The van der Waals surface area contributed by atoms with Gasteiger partial charge in [-0.15, -0.1) is 0 Å². The minimum Gasteiger partial charge on any atom is -0.445 e. The van der Waals surface area contributed by atoms with E-state index in [0.29, 0.717) is 0 Å². The van der Waals surface area contributed by atoms with Crippen molar-refractivity contribution in [3.05, 3.63) is 35.9 Å². The van der Waals surface area contributed by atoms with E-state index in [1.807, 2.05) is 18.2 Å². The summed E-state index contributed by atoms with van der Waals surface area (Å²) in [5, 5.41) is 9.95. The van der Waals surface area contributed by atoms with Gasteiger partial charge in [-0.1, -0.05) is 37.2 Å². The largest absolute Gasteiger partial charge is 0.445 e. The van der Waals surface area contributed by atoms with Gasteiger partial charge in [-0.25, -0.2) is 4.79 Å². The lowest BCUT2D eigenvalue weighted by atomic mass is 10.0. The molecule has 0 aromatic heterocycles. The molecule has 1 saturated heterocycles. The number of ether oxygens (including phenoxy) is 1. The fraction of sp³-hybridized carbons (Fsp3) is 0.500. The molecule has 1 fully saturated rings. The van der Waals surface area contributed by atoms with Gasteiger partial charge < -0.3 is 14.7 Å². The van der Waals surface area contributed by atoms with Gasteiger partial charge in [-0.05, 0) is 11.9 Å². The van der Waals surface area contributed by atoms with Crippen molar-refractivity contribution in [3.8, 4) is 0 Å². The zero-order valence-electron chi connectivity index (χ0n) is 14.9. The van der Waals surface area contributed by atoms with Crippen LogP contribution in [0.5, 0.6) is 0 Å². The van der Waals surface area contributed by atoms with Crippen LogP contribution in [0.1, 0.15) is 25.6 Å². The number of hydrogen-bond acceptors (Lipinski definition) is 3. The average molecular weight is 254 g/mol. The Kier molecular flexibility index (Phi) is 2.54. The highest BCUT2D eigenvalue weighted by Crippen LogP contribution is 2.20. The van der Waals surface area contributed by atoms with Crippen molar-refractivity contribution in [3.63, 3.8) is 0 Å². The summed E-state index contributed by atoms with van der Waals surface area (Å²) in [6, 6.07) is 9.04. The second-order valence-corrected chi connectivity index (χ2v) is 4.26. The topological polar surface area (TPSA) is 49.8 Å². The SMILES string of the molecule is [2H]C([2H])([2H])C([2H])([2H])C1CN(C(=O)OCc2ccccc2)CC1O. The summed E-state index contributed by atoms with van der Waals surface area (Å²) in [6.45, 7) is -3.15. The number of hydrogen-bond donors (Lipinski definition) is 1. The average Bonchev–Trinajstić information content (AvgIpc) is 2.87. The highest BCUT2D eigenvalue weighted by molar-refractivity contribution is 5.68. The standard InChI is InChI=1S/C14H19NO3/c1-2-12-8-15(9-13(12)16)14(17)18-10-11-6-4-3-5-7-11/h3-7,12-13,16H,2,8-10H2,1H3/i1D3,2D2. The van der Waals surface area contributed by atoms with Crippen molar-refractivity contribution >= 4 is 6.09 Å². The molecule has 4 heteroatoms. The Morgan fingerprint density at radius 1 is 1.56 bits per heavy atom. The maximum Gasteiger partial charge on any atom is 0.410 e. The van der Waals surface area contributed by atoms with Crippen LogP contribution >= 0.6 is 0 Å². The third kappa shape index (κ3) is 3.01. The number of likely N-dealkylation sites (tertiary alicyclic amines) is 1. The number of nitrogens with zero attached hydrogens (tertiary/aromatic N) is 1. The maximum atomic E-state index is 12.0. The first kappa shape index (κ1) is 7.79. The van der Waals surface area contributed by atoms with E-state index in [4.69, 9.17) is 11.6 Å². The second-order valence-electron chi connectivity index (χ2n) is 4.26. The molecule has 98 valence electrons. The molecule has 1 heterocycles. The molecule has 0 bridgehead atoms. The number of rotatable bonds is 3. The molecule has 2 atom stereocenters. The van der Waals surface area contributed by atoms with Crippen molar-refractivity contribution in [2.75, 3.05) is 13.1 Å². The molecule has 0 radical (unpaired) electrons. The summed E-state index contributed by atoms with van der Waals surface area (Å²) >= 11 is 0. The summed E-state index contributed by atoms with van der Waals surface area (Å²) in [5.41, 5.74) is 0.801. The van der Waals surface area contributed by atoms with Crippen molar-refractivity contribution < 1.29 is 21.5 Å². The van der Waals surface area contributed by atoms with Gasteiger partial charge in [0.05, 0.1) is 12.6 Å². The quantitative estimate of drug-likeness (QED) is 0.898. The Labute approximate surface area is 114 Å². The van der Waals surface area contributed by atoms with Gasteiger partial charge in [-0.2, -0.15) is 0 Å². The predicted octanol–water partition coefficient (Wildman–Crippen LogP) is 2.03.